The third-order valence-electron chi connectivity index (χ3n) is 9.73. The summed E-state index contributed by atoms with van der Waals surface area (Å²) in [7, 11) is 1.37. The van der Waals surface area contributed by atoms with E-state index in [9.17, 15) is 24.6 Å². The van der Waals surface area contributed by atoms with Gasteiger partial charge in [0, 0.05) is 11.8 Å². The van der Waals surface area contributed by atoms with E-state index >= 15 is 0 Å². The van der Waals surface area contributed by atoms with Crippen LogP contribution in [0.4, 0.5) is 5.69 Å². The first-order valence-electron chi connectivity index (χ1n) is 15.0. The summed E-state index contributed by atoms with van der Waals surface area (Å²) in [4.78, 5) is 33.8. The van der Waals surface area contributed by atoms with Gasteiger partial charge in [0.05, 0.1) is 12.8 Å². The van der Waals surface area contributed by atoms with Crippen LogP contribution in [0.25, 0.3) is 0 Å². The number of carbonyl (C=O) groups excluding carboxylic acids is 3. The van der Waals surface area contributed by atoms with E-state index in [1.54, 1.807) is 0 Å². The molecule has 0 saturated heterocycles. The molecule has 0 aliphatic heterocycles. The van der Waals surface area contributed by atoms with Crippen molar-refractivity contribution in [2.45, 2.75) is 90.1 Å². The van der Waals surface area contributed by atoms with Crippen LogP contribution in [-0.2, 0) is 20.7 Å². The third kappa shape index (κ3) is 6.35. The molecule has 2 amide bonds. The van der Waals surface area contributed by atoms with Crippen LogP contribution in [0, 0.1) is 17.3 Å². The molecule has 228 valence electrons. The van der Waals surface area contributed by atoms with Gasteiger partial charge in [-0.3, -0.25) is 14.4 Å². The van der Waals surface area contributed by atoms with E-state index in [0.717, 1.165) is 38.5 Å². The molecule has 42 heavy (non-hydrogen) atoms. The van der Waals surface area contributed by atoms with Gasteiger partial charge in [0.1, 0.15) is 23.2 Å². The highest BCUT2D eigenvalue weighted by Gasteiger charge is 2.55. The van der Waals surface area contributed by atoms with E-state index in [2.05, 4.69) is 18.3 Å². The van der Waals surface area contributed by atoms with E-state index in [1.807, 2.05) is 19.1 Å². The summed E-state index contributed by atoms with van der Waals surface area (Å²) in [5, 5.41) is 22.3. The quantitative estimate of drug-likeness (QED) is 0.166. The fraction of sp³-hybridized carbons (Fsp3) is 0.545. The summed E-state index contributed by atoms with van der Waals surface area (Å²) >= 11 is 0. The minimum atomic E-state index is -0.818. The van der Waals surface area contributed by atoms with Crippen molar-refractivity contribution in [2.75, 3.05) is 12.4 Å². The zero-order valence-corrected chi connectivity index (χ0v) is 24.9. The van der Waals surface area contributed by atoms with Gasteiger partial charge >= 0.3 is 0 Å². The Morgan fingerprint density at radius 3 is 2.60 bits per heavy atom. The second kappa shape index (κ2) is 13.5. The van der Waals surface area contributed by atoms with Crippen LogP contribution >= 0.6 is 0 Å². The second-order valence-electron chi connectivity index (χ2n) is 12.0. The Bertz CT molecular complexity index is 1300. The Hall–Kier alpha value is -3.75. The average molecular weight is 581 g/mol. The number of unbranched alkanes of at least 4 members (excludes halogenated alkanes) is 2. The zero-order chi connectivity index (χ0) is 30.4. The van der Waals surface area contributed by atoms with Crippen molar-refractivity contribution in [3.63, 3.8) is 0 Å². The van der Waals surface area contributed by atoms with Gasteiger partial charge in [0.25, 0.3) is 12.4 Å². The lowest BCUT2D eigenvalue weighted by Crippen LogP contribution is -2.44. The number of fused-ring (bicyclic) bond motifs is 5. The van der Waals surface area contributed by atoms with Crippen LogP contribution in [0.5, 0.6) is 17.2 Å². The van der Waals surface area contributed by atoms with Gasteiger partial charge in [0.2, 0.25) is 5.91 Å². The number of nitrogens with one attached hydrogen (secondary N) is 1. The Kier molecular flexibility index (Phi) is 10.0. The molecule has 0 radical (unpaired) electrons. The molecule has 2 aromatic carbocycles. The molecule has 5 N–H and O–H groups in total. The first-order chi connectivity index (χ1) is 20.1. The number of hydrogen-bond acceptors (Lipinski definition) is 7. The smallest absolute Gasteiger partial charge is 0.293 e. The predicted molar refractivity (Wildman–Crippen MR) is 160 cm³/mol. The number of nitrogens with two attached hydrogens (primary N) is 1. The number of anilines is 1. The molecule has 3 aliphatic rings. The van der Waals surface area contributed by atoms with Crippen molar-refractivity contribution >= 4 is 24.0 Å². The Morgan fingerprint density at radius 2 is 1.90 bits per heavy atom. The summed E-state index contributed by atoms with van der Waals surface area (Å²) in [6.07, 6.45) is 10.0. The van der Waals surface area contributed by atoms with Gasteiger partial charge in [-0.1, -0.05) is 32.8 Å². The second-order valence-corrected chi connectivity index (χ2v) is 12.0. The maximum absolute atomic E-state index is 11.7. The first-order valence-corrected chi connectivity index (χ1v) is 15.0. The SMILES string of the molecule is CC12CCC3c4ccc(O)cc4CCC3C1CCC2OC=O.CCCCCC(=O)Nc1ccc(OC)c(C(N)=O)c1O. The summed E-state index contributed by atoms with van der Waals surface area (Å²) in [6.45, 7) is 5.02. The molecule has 2 fully saturated rings. The molecule has 0 spiro atoms. The van der Waals surface area contributed by atoms with E-state index in [1.165, 1.54) is 49.6 Å². The number of rotatable bonds is 9. The largest absolute Gasteiger partial charge is 0.508 e. The monoisotopic (exact) mass is 580 g/mol. The molecule has 5 rings (SSSR count). The van der Waals surface area contributed by atoms with Gasteiger partial charge in [-0.2, -0.15) is 0 Å². The molecule has 9 heteroatoms. The lowest BCUT2D eigenvalue weighted by atomic mass is 9.55. The number of aromatic hydroxyl groups is 2. The maximum Gasteiger partial charge on any atom is 0.293 e. The highest BCUT2D eigenvalue weighted by molar-refractivity contribution is 6.02. The fourth-order valence-electron chi connectivity index (χ4n) is 7.64. The molecule has 2 saturated carbocycles. The number of phenolic OH excluding ortho intramolecular Hbond substituents is 1. The van der Waals surface area contributed by atoms with E-state index in [-0.39, 0.29) is 40.2 Å². The molecule has 3 aliphatic carbocycles. The van der Waals surface area contributed by atoms with Crippen LogP contribution < -0.4 is 15.8 Å². The predicted octanol–water partition coefficient (Wildman–Crippen LogP) is 5.81. The van der Waals surface area contributed by atoms with Crippen molar-refractivity contribution in [1.29, 1.82) is 0 Å². The van der Waals surface area contributed by atoms with Crippen molar-refractivity contribution in [3.8, 4) is 17.2 Å². The molecule has 5 atom stereocenters. The zero-order valence-electron chi connectivity index (χ0n) is 24.9. The van der Waals surface area contributed by atoms with E-state index in [0.29, 0.717) is 36.4 Å². The lowest BCUT2D eigenvalue weighted by molar-refractivity contribution is -0.141. The molecule has 9 nitrogen and oxygen atoms in total. The number of amides is 2. The van der Waals surface area contributed by atoms with Crippen molar-refractivity contribution < 1.29 is 34.1 Å². The highest BCUT2D eigenvalue weighted by atomic mass is 16.5. The van der Waals surface area contributed by atoms with Crippen molar-refractivity contribution in [2.24, 2.45) is 23.0 Å². The Labute approximate surface area is 247 Å². The van der Waals surface area contributed by atoms with Gasteiger partial charge in [0.15, 0.2) is 5.75 Å². The Morgan fingerprint density at radius 1 is 1.12 bits per heavy atom. The first kappa shape index (κ1) is 31.2. The fourth-order valence-corrected chi connectivity index (χ4v) is 7.64. The van der Waals surface area contributed by atoms with Crippen LogP contribution in [-0.4, -0.2) is 41.7 Å². The topological polar surface area (TPSA) is 148 Å². The number of ether oxygens (including phenoxy) is 2. The van der Waals surface area contributed by atoms with Gasteiger partial charge in [-0.05, 0) is 98.1 Å². The standard InChI is InChI=1S/C19H24O3.C14H20N2O4/c1-19-9-8-15-14-5-3-13(21)10-12(14)2-4-16(15)17(19)6-7-18(19)22-11-20;1-3-4-5-6-11(17)16-9-7-8-10(20-2)12(13(9)18)14(15)19/h3,5,10-11,15-18,21H,2,4,6-9H2,1H3;7-8,18H,3-6H2,1-2H3,(H2,15,19)(H,16,17). The third-order valence-corrected chi connectivity index (χ3v) is 9.73. The molecule has 0 bridgehead atoms. The van der Waals surface area contributed by atoms with Crippen LogP contribution in [0.1, 0.15) is 99.0 Å². The van der Waals surface area contributed by atoms with Crippen LogP contribution in [0.3, 0.4) is 0 Å². The number of methoxy groups -OCH3 is 1. The summed E-state index contributed by atoms with van der Waals surface area (Å²) in [5.74, 6) is 1.14. The lowest BCUT2D eigenvalue weighted by Gasteiger charge is -2.50. The van der Waals surface area contributed by atoms with Gasteiger partial charge < -0.3 is 30.7 Å². The minimum Gasteiger partial charge on any atom is -0.508 e. The van der Waals surface area contributed by atoms with E-state index in [4.69, 9.17) is 15.2 Å². The molecular formula is C33H44N2O7. The van der Waals surface area contributed by atoms with Gasteiger partial charge in [-0.25, -0.2) is 0 Å². The number of carbonyl (C=O) groups is 3. The number of hydrogen-bond donors (Lipinski definition) is 4. The normalized spacial score (nSPS) is 25.5. The molecule has 0 aromatic heterocycles. The van der Waals surface area contributed by atoms with E-state index < -0.39 is 5.91 Å². The highest BCUT2D eigenvalue weighted by Crippen LogP contribution is 2.61. The summed E-state index contributed by atoms with van der Waals surface area (Å²) < 4.78 is 10.4. The molecular weight excluding hydrogens is 536 g/mol. The number of phenols is 2. The van der Waals surface area contributed by atoms with Crippen molar-refractivity contribution in [1.82, 2.24) is 0 Å². The maximum atomic E-state index is 11.7. The number of benzene rings is 2. The number of aryl methyl sites for hydroxylation is 1. The number of primary amides is 1. The molecule has 2 aromatic rings. The van der Waals surface area contributed by atoms with Crippen LogP contribution in [0.15, 0.2) is 30.3 Å². The molecule has 5 unspecified atom stereocenters. The minimum absolute atomic E-state index is 0.108. The van der Waals surface area contributed by atoms with Crippen LogP contribution in [0.2, 0.25) is 0 Å². The summed E-state index contributed by atoms with van der Waals surface area (Å²) in [6, 6.07) is 8.87. The van der Waals surface area contributed by atoms with Gasteiger partial charge in [-0.15, -0.1) is 0 Å². The Balaban J connectivity index is 0.000000194. The summed E-state index contributed by atoms with van der Waals surface area (Å²) in [5.41, 5.74) is 8.17. The molecule has 0 heterocycles. The average Bonchev–Trinajstić information content (AvgIpc) is 3.30. The van der Waals surface area contributed by atoms with Crippen molar-refractivity contribution in [3.05, 3.63) is 47.0 Å².